The summed E-state index contributed by atoms with van der Waals surface area (Å²) < 4.78 is 0. The van der Waals surface area contributed by atoms with Gasteiger partial charge in [-0.2, -0.15) is 5.10 Å². The highest BCUT2D eigenvalue weighted by molar-refractivity contribution is 5.99. The van der Waals surface area contributed by atoms with E-state index in [4.69, 9.17) is 5.73 Å². The molecule has 1 aliphatic rings. The van der Waals surface area contributed by atoms with Gasteiger partial charge in [0.25, 0.3) is 0 Å². The van der Waals surface area contributed by atoms with E-state index in [-0.39, 0.29) is 6.03 Å². The number of nitrogens with two attached hydrogens (primary N) is 1. The Balaban J connectivity index is 1.59. The van der Waals surface area contributed by atoms with Gasteiger partial charge in [-0.3, -0.25) is 10.4 Å². The van der Waals surface area contributed by atoms with Gasteiger partial charge in [-0.15, -0.1) is 0 Å². The Kier molecular flexibility index (Phi) is 2.83. The van der Waals surface area contributed by atoms with E-state index in [2.05, 4.69) is 20.8 Å². The highest BCUT2D eigenvalue weighted by atomic mass is 16.2. The third kappa shape index (κ3) is 2.85. The molecule has 19 heavy (non-hydrogen) atoms. The summed E-state index contributed by atoms with van der Waals surface area (Å²) in [5.41, 5.74) is 8.01. The normalized spacial score (nSPS) is 14.1. The fourth-order valence-electron chi connectivity index (χ4n) is 1.85. The van der Waals surface area contributed by atoms with Crippen molar-refractivity contribution in [2.75, 3.05) is 16.4 Å². The van der Waals surface area contributed by atoms with E-state index < -0.39 is 0 Å². The first-order chi connectivity index (χ1) is 9.20. The van der Waals surface area contributed by atoms with E-state index in [1.54, 1.807) is 24.3 Å². The molecule has 0 aliphatic heterocycles. The molecule has 6 nitrogen and oxygen atoms in total. The maximum Gasteiger partial charge on any atom is 0.324 e. The third-order valence-electron chi connectivity index (χ3n) is 3.03. The van der Waals surface area contributed by atoms with Crippen molar-refractivity contribution in [2.24, 2.45) is 0 Å². The average molecular weight is 257 g/mol. The molecule has 0 bridgehead atoms. The summed E-state index contributed by atoms with van der Waals surface area (Å²) in [5, 5.41) is 12.4. The minimum atomic E-state index is -0.321. The van der Waals surface area contributed by atoms with Crippen LogP contribution in [0, 0.1) is 0 Å². The SMILES string of the molecule is Nc1ccc(NC(=O)Nc2cc(C3CC3)[nH]n2)cc1. The van der Waals surface area contributed by atoms with Crippen molar-refractivity contribution in [1.82, 2.24) is 10.2 Å². The predicted molar refractivity (Wildman–Crippen MR) is 74.1 cm³/mol. The summed E-state index contributed by atoms with van der Waals surface area (Å²) in [6.07, 6.45) is 2.39. The molecule has 2 aromatic rings. The van der Waals surface area contributed by atoms with Crippen molar-refractivity contribution in [1.29, 1.82) is 0 Å². The molecule has 0 atom stereocenters. The number of hydrogen-bond acceptors (Lipinski definition) is 3. The monoisotopic (exact) mass is 257 g/mol. The Labute approximate surface area is 110 Å². The van der Waals surface area contributed by atoms with Crippen LogP contribution in [0.15, 0.2) is 30.3 Å². The van der Waals surface area contributed by atoms with Crippen LogP contribution in [0.25, 0.3) is 0 Å². The Morgan fingerprint density at radius 3 is 2.68 bits per heavy atom. The fraction of sp³-hybridized carbons (Fsp3) is 0.231. The van der Waals surface area contributed by atoms with E-state index in [1.165, 1.54) is 12.8 Å². The number of nitrogens with one attached hydrogen (secondary N) is 3. The van der Waals surface area contributed by atoms with E-state index in [0.717, 1.165) is 5.69 Å². The molecule has 1 aromatic heterocycles. The standard InChI is InChI=1S/C13H15N5O/c14-9-3-5-10(6-4-9)15-13(19)16-12-7-11(17-18-12)8-1-2-8/h3-8H,1-2,14H2,(H3,15,16,17,18,19). The number of aromatic amines is 1. The zero-order valence-electron chi connectivity index (χ0n) is 10.3. The zero-order valence-corrected chi connectivity index (χ0v) is 10.3. The highest BCUT2D eigenvalue weighted by Gasteiger charge is 2.25. The number of nitrogens with zero attached hydrogens (tertiary/aromatic N) is 1. The second-order valence-corrected chi connectivity index (χ2v) is 4.68. The van der Waals surface area contributed by atoms with Gasteiger partial charge >= 0.3 is 6.03 Å². The molecule has 0 saturated heterocycles. The summed E-state index contributed by atoms with van der Waals surface area (Å²) in [7, 11) is 0. The lowest BCUT2D eigenvalue weighted by Gasteiger charge is -2.05. The third-order valence-corrected chi connectivity index (χ3v) is 3.03. The van der Waals surface area contributed by atoms with Crippen LogP contribution in [0.5, 0.6) is 0 Å². The Morgan fingerprint density at radius 1 is 1.26 bits per heavy atom. The van der Waals surface area contributed by atoms with Gasteiger partial charge < -0.3 is 11.1 Å². The predicted octanol–water partition coefficient (Wildman–Crippen LogP) is 2.51. The lowest BCUT2D eigenvalue weighted by molar-refractivity contribution is 0.262. The van der Waals surface area contributed by atoms with Gasteiger partial charge in [0.05, 0.1) is 0 Å². The lowest BCUT2D eigenvalue weighted by Crippen LogP contribution is -2.19. The first kappa shape index (κ1) is 11.6. The number of urea groups is 1. The molecule has 1 fully saturated rings. The minimum absolute atomic E-state index is 0.321. The van der Waals surface area contributed by atoms with E-state index in [9.17, 15) is 4.79 Å². The van der Waals surface area contributed by atoms with Crippen LogP contribution in [0.2, 0.25) is 0 Å². The maximum atomic E-state index is 11.8. The number of rotatable bonds is 3. The Morgan fingerprint density at radius 2 is 2.00 bits per heavy atom. The lowest BCUT2D eigenvalue weighted by atomic mass is 10.3. The second-order valence-electron chi connectivity index (χ2n) is 4.68. The van der Waals surface area contributed by atoms with Gasteiger partial charge in [0.1, 0.15) is 0 Å². The number of H-pyrrole nitrogens is 1. The van der Waals surface area contributed by atoms with E-state index in [1.807, 2.05) is 6.07 Å². The van der Waals surface area contributed by atoms with Crippen LogP contribution in [-0.2, 0) is 0 Å². The number of aromatic nitrogens is 2. The van der Waals surface area contributed by atoms with Crippen molar-refractivity contribution in [3.05, 3.63) is 36.0 Å². The number of carbonyl (C=O) groups is 1. The van der Waals surface area contributed by atoms with Gasteiger partial charge in [0.15, 0.2) is 5.82 Å². The van der Waals surface area contributed by atoms with Gasteiger partial charge in [0.2, 0.25) is 0 Å². The molecule has 5 N–H and O–H groups in total. The topological polar surface area (TPSA) is 95.8 Å². The van der Waals surface area contributed by atoms with Crippen LogP contribution < -0.4 is 16.4 Å². The molecule has 1 aliphatic carbocycles. The highest BCUT2D eigenvalue weighted by Crippen LogP contribution is 2.39. The van der Waals surface area contributed by atoms with Crippen LogP contribution >= 0.6 is 0 Å². The second kappa shape index (κ2) is 4.64. The van der Waals surface area contributed by atoms with Crippen LogP contribution in [0.3, 0.4) is 0 Å². The summed E-state index contributed by atoms with van der Waals surface area (Å²) in [6.45, 7) is 0. The number of benzene rings is 1. The molecular formula is C13H15N5O. The van der Waals surface area contributed by atoms with Crippen LogP contribution in [0.1, 0.15) is 24.5 Å². The summed E-state index contributed by atoms with van der Waals surface area (Å²) in [5.74, 6) is 1.12. The zero-order chi connectivity index (χ0) is 13.2. The number of hydrogen-bond donors (Lipinski definition) is 4. The number of nitrogen functional groups attached to an aromatic ring is 1. The van der Waals surface area contributed by atoms with Gasteiger partial charge in [0, 0.05) is 29.1 Å². The maximum absolute atomic E-state index is 11.8. The molecule has 0 spiro atoms. The van der Waals surface area contributed by atoms with Crippen LogP contribution in [-0.4, -0.2) is 16.2 Å². The van der Waals surface area contributed by atoms with E-state index >= 15 is 0 Å². The molecule has 2 amide bonds. The molecule has 0 unspecified atom stereocenters. The Bertz CT molecular complexity index is 585. The minimum Gasteiger partial charge on any atom is -0.399 e. The van der Waals surface area contributed by atoms with Gasteiger partial charge in [-0.05, 0) is 37.1 Å². The number of anilines is 3. The van der Waals surface area contributed by atoms with Crippen molar-refractivity contribution in [3.8, 4) is 0 Å². The summed E-state index contributed by atoms with van der Waals surface area (Å²) >= 11 is 0. The summed E-state index contributed by atoms with van der Waals surface area (Å²) in [6, 6.07) is 8.51. The van der Waals surface area contributed by atoms with Crippen molar-refractivity contribution in [3.63, 3.8) is 0 Å². The van der Waals surface area contributed by atoms with Gasteiger partial charge in [-0.1, -0.05) is 0 Å². The first-order valence-corrected chi connectivity index (χ1v) is 6.19. The molecule has 1 heterocycles. The van der Waals surface area contributed by atoms with Gasteiger partial charge in [-0.25, -0.2) is 4.79 Å². The summed E-state index contributed by atoms with van der Waals surface area (Å²) in [4.78, 5) is 11.8. The largest absolute Gasteiger partial charge is 0.399 e. The molecule has 1 aromatic carbocycles. The van der Waals surface area contributed by atoms with Crippen molar-refractivity contribution >= 4 is 23.2 Å². The van der Waals surface area contributed by atoms with Crippen LogP contribution in [0.4, 0.5) is 22.0 Å². The first-order valence-electron chi connectivity index (χ1n) is 6.19. The number of carbonyl (C=O) groups excluding carboxylic acids is 1. The molecule has 6 heteroatoms. The average Bonchev–Trinajstić information content (AvgIpc) is 3.14. The molecule has 98 valence electrons. The smallest absolute Gasteiger partial charge is 0.324 e. The van der Waals surface area contributed by atoms with Crippen molar-refractivity contribution in [2.45, 2.75) is 18.8 Å². The quantitative estimate of drug-likeness (QED) is 0.636. The molecule has 3 rings (SSSR count). The Hall–Kier alpha value is -2.50. The van der Waals surface area contributed by atoms with Crippen molar-refractivity contribution < 1.29 is 4.79 Å². The number of amides is 2. The molecular weight excluding hydrogens is 242 g/mol. The van der Waals surface area contributed by atoms with E-state index in [0.29, 0.717) is 23.1 Å². The fourth-order valence-corrected chi connectivity index (χ4v) is 1.85. The molecule has 0 radical (unpaired) electrons. The molecule has 1 saturated carbocycles.